The fourth-order valence-electron chi connectivity index (χ4n) is 2.63. The summed E-state index contributed by atoms with van der Waals surface area (Å²) in [6, 6.07) is 15.3. The van der Waals surface area contributed by atoms with Gasteiger partial charge in [-0.2, -0.15) is 4.98 Å². The summed E-state index contributed by atoms with van der Waals surface area (Å²) in [6.07, 6.45) is 0. The van der Waals surface area contributed by atoms with Crippen LogP contribution >= 0.6 is 0 Å². The molecular weight excluding hydrogens is 290 g/mol. The van der Waals surface area contributed by atoms with Crippen molar-refractivity contribution in [2.24, 2.45) is 0 Å². The van der Waals surface area contributed by atoms with Crippen LogP contribution in [0.3, 0.4) is 0 Å². The predicted octanol–water partition coefficient (Wildman–Crippen LogP) is 2.65. The summed E-state index contributed by atoms with van der Waals surface area (Å²) in [5.74, 6) is -0.253. The van der Waals surface area contributed by atoms with Crippen molar-refractivity contribution in [3.05, 3.63) is 70.4 Å². The zero-order valence-corrected chi connectivity index (χ0v) is 13.0. The maximum absolute atomic E-state index is 12.3. The van der Waals surface area contributed by atoms with Crippen molar-refractivity contribution in [2.75, 3.05) is 5.32 Å². The molecule has 0 spiro atoms. The predicted molar refractivity (Wildman–Crippen MR) is 90.5 cm³/mol. The van der Waals surface area contributed by atoms with E-state index in [0.717, 1.165) is 22.2 Å². The Morgan fingerprint density at radius 2 is 1.87 bits per heavy atom. The van der Waals surface area contributed by atoms with E-state index in [4.69, 9.17) is 0 Å². The highest BCUT2D eigenvalue weighted by atomic mass is 16.2. The van der Waals surface area contributed by atoms with E-state index in [0.29, 0.717) is 5.69 Å². The molecule has 0 bridgehead atoms. The highest BCUT2D eigenvalue weighted by Crippen LogP contribution is 2.22. The SMILES string of the molecule is Cc1cc(C)n(CC(=O)Nc2cccc3ccccc23)c(=O)n1. The molecule has 1 amide bonds. The van der Waals surface area contributed by atoms with Gasteiger partial charge in [-0.3, -0.25) is 9.36 Å². The van der Waals surface area contributed by atoms with Crippen molar-refractivity contribution in [1.82, 2.24) is 9.55 Å². The number of carbonyl (C=O) groups excluding carboxylic acids is 1. The molecule has 0 radical (unpaired) electrons. The first-order valence-corrected chi connectivity index (χ1v) is 7.37. The second kappa shape index (κ2) is 6.04. The minimum absolute atomic E-state index is 0.0544. The number of amides is 1. The van der Waals surface area contributed by atoms with Crippen molar-refractivity contribution in [3.8, 4) is 0 Å². The topological polar surface area (TPSA) is 64.0 Å². The molecule has 0 fully saturated rings. The third kappa shape index (κ3) is 3.13. The Morgan fingerprint density at radius 3 is 2.65 bits per heavy atom. The molecule has 116 valence electrons. The Morgan fingerprint density at radius 1 is 1.13 bits per heavy atom. The number of carbonyl (C=O) groups is 1. The Balaban J connectivity index is 1.86. The van der Waals surface area contributed by atoms with Crippen LogP contribution in [0.1, 0.15) is 11.4 Å². The number of hydrogen-bond acceptors (Lipinski definition) is 3. The van der Waals surface area contributed by atoms with Crippen LogP contribution in [0.25, 0.3) is 10.8 Å². The normalized spacial score (nSPS) is 10.7. The molecule has 3 aromatic rings. The minimum atomic E-state index is -0.407. The number of benzene rings is 2. The van der Waals surface area contributed by atoms with E-state index in [-0.39, 0.29) is 12.5 Å². The Hall–Kier alpha value is -2.95. The monoisotopic (exact) mass is 307 g/mol. The lowest BCUT2D eigenvalue weighted by Crippen LogP contribution is -2.31. The summed E-state index contributed by atoms with van der Waals surface area (Å²) >= 11 is 0. The number of aromatic nitrogens is 2. The highest BCUT2D eigenvalue weighted by Gasteiger charge is 2.10. The van der Waals surface area contributed by atoms with Gasteiger partial charge in [0.15, 0.2) is 0 Å². The largest absolute Gasteiger partial charge is 0.348 e. The van der Waals surface area contributed by atoms with Crippen LogP contribution in [-0.2, 0) is 11.3 Å². The zero-order valence-electron chi connectivity index (χ0n) is 13.0. The molecule has 5 heteroatoms. The van der Waals surface area contributed by atoms with E-state index in [2.05, 4.69) is 10.3 Å². The van der Waals surface area contributed by atoms with Gasteiger partial charge >= 0.3 is 5.69 Å². The summed E-state index contributed by atoms with van der Waals surface area (Å²) in [6.45, 7) is 3.50. The third-order valence-corrected chi connectivity index (χ3v) is 3.71. The van der Waals surface area contributed by atoms with E-state index in [1.54, 1.807) is 19.9 Å². The lowest BCUT2D eigenvalue weighted by Gasteiger charge is -2.11. The number of fused-ring (bicyclic) bond motifs is 1. The van der Waals surface area contributed by atoms with Crippen molar-refractivity contribution in [2.45, 2.75) is 20.4 Å². The van der Waals surface area contributed by atoms with E-state index in [1.807, 2.05) is 42.5 Å². The number of hydrogen-bond donors (Lipinski definition) is 1. The van der Waals surface area contributed by atoms with Crippen molar-refractivity contribution in [1.29, 1.82) is 0 Å². The number of aryl methyl sites for hydroxylation is 2. The van der Waals surface area contributed by atoms with Crippen molar-refractivity contribution < 1.29 is 4.79 Å². The lowest BCUT2D eigenvalue weighted by molar-refractivity contribution is -0.116. The molecule has 0 aliphatic heterocycles. The van der Waals surface area contributed by atoms with E-state index in [9.17, 15) is 9.59 Å². The molecule has 0 unspecified atom stereocenters. The van der Waals surface area contributed by atoms with Gasteiger partial charge in [0.1, 0.15) is 6.54 Å². The van der Waals surface area contributed by atoms with Gasteiger partial charge in [0, 0.05) is 22.5 Å². The molecule has 3 rings (SSSR count). The van der Waals surface area contributed by atoms with Crippen LogP contribution in [0, 0.1) is 13.8 Å². The van der Waals surface area contributed by atoms with Crippen LogP contribution in [-0.4, -0.2) is 15.5 Å². The molecule has 2 aromatic carbocycles. The molecule has 0 aliphatic carbocycles. The van der Waals surface area contributed by atoms with Crippen LogP contribution in [0.5, 0.6) is 0 Å². The van der Waals surface area contributed by atoms with E-state index < -0.39 is 5.69 Å². The number of nitrogens with zero attached hydrogens (tertiary/aromatic N) is 2. The van der Waals surface area contributed by atoms with Gasteiger partial charge in [0.05, 0.1) is 0 Å². The highest BCUT2D eigenvalue weighted by molar-refractivity contribution is 6.02. The second-order valence-electron chi connectivity index (χ2n) is 5.48. The van der Waals surface area contributed by atoms with Gasteiger partial charge in [-0.1, -0.05) is 36.4 Å². The first-order valence-electron chi connectivity index (χ1n) is 7.37. The van der Waals surface area contributed by atoms with Crippen molar-refractivity contribution >= 4 is 22.4 Å². The smallest absolute Gasteiger partial charge is 0.324 e. The van der Waals surface area contributed by atoms with Gasteiger partial charge in [-0.15, -0.1) is 0 Å². The number of nitrogens with one attached hydrogen (secondary N) is 1. The third-order valence-electron chi connectivity index (χ3n) is 3.71. The molecular formula is C18H17N3O2. The first-order chi connectivity index (χ1) is 11.0. The summed E-state index contributed by atoms with van der Waals surface area (Å²) < 4.78 is 1.37. The molecule has 0 saturated heterocycles. The Bertz CT molecular complexity index is 939. The first kappa shape index (κ1) is 15.0. The fourth-order valence-corrected chi connectivity index (χ4v) is 2.63. The molecule has 1 heterocycles. The Labute approximate surface area is 133 Å². The summed E-state index contributed by atoms with van der Waals surface area (Å²) in [4.78, 5) is 28.1. The molecule has 23 heavy (non-hydrogen) atoms. The molecule has 0 atom stereocenters. The molecule has 1 aromatic heterocycles. The van der Waals surface area contributed by atoms with Crippen LogP contribution < -0.4 is 11.0 Å². The standard InChI is InChI=1S/C18H17N3O2/c1-12-10-13(2)21(18(23)19-12)11-17(22)20-16-9-5-7-14-6-3-4-8-15(14)16/h3-10H,11H2,1-2H3,(H,20,22). The quantitative estimate of drug-likeness (QED) is 0.809. The maximum atomic E-state index is 12.3. The van der Waals surface area contributed by atoms with Crippen molar-refractivity contribution in [3.63, 3.8) is 0 Å². The molecule has 1 N–H and O–H groups in total. The molecule has 0 saturated carbocycles. The summed E-state index contributed by atoms with van der Waals surface area (Å²) in [7, 11) is 0. The zero-order chi connectivity index (χ0) is 16.4. The maximum Gasteiger partial charge on any atom is 0.348 e. The molecule has 0 aliphatic rings. The lowest BCUT2D eigenvalue weighted by atomic mass is 10.1. The van der Waals surface area contributed by atoms with Gasteiger partial charge < -0.3 is 5.32 Å². The second-order valence-corrected chi connectivity index (χ2v) is 5.48. The minimum Gasteiger partial charge on any atom is -0.324 e. The van der Waals surface area contributed by atoms with E-state index >= 15 is 0 Å². The fraction of sp³-hybridized carbons (Fsp3) is 0.167. The number of anilines is 1. The van der Waals surface area contributed by atoms with Crippen LogP contribution in [0.2, 0.25) is 0 Å². The molecule has 5 nitrogen and oxygen atoms in total. The Kier molecular flexibility index (Phi) is 3.93. The van der Waals surface area contributed by atoms with Crippen LogP contribution in [0.4, 0.5) is 5.69 Å². The average Bonchev–Trinajstić information content (AvgIpc) is 2.51. The van der Waals surface area contributed by atoms with Gasteiger partial charge in [0.25, 0.3) is 0 Å². The van der Waals surface area contributed by atoms with Crippen LogP contribution in [0.15, 0.2) is 53.3 Å². The summed E-state index contributed by atoms with van der Waals surface area (Å²) in [5, 5.41) is 4.89. The number of rotatable bonds is 3. The van der Waals surface area contributed by atoms with E-state index in [1.165, 1.54) is 4.57 Å². The van der Waals surface area contributed by atoms with Gasteiger partial charge in [-0.25, -0.2) is 4.79 Å². The average molecular weight is 307 g/mol. The van der Waals surface area contributed by atoms with Gasteiger partial charge in [0.2, 0.25) is 5.91 Å². The van der Waals surface area contributed by atoms with Gasteiger partial charge in [-0.05, 0) is 31.4 Å². The summed E-state index contributed by atoms with van der Waals surface area (Å²) in [5.41, 5.74) is 1.70.